The van der Waals surface area contributed by atoms with Gasteiger partial charge in [0.25, 0.3) is 0 Å². The molecular formula is C37H55N3. The first kappa shape index (κ1) is 28.1. The summed E-state index contributed by atoms with van der Waals surface area (Å²) in [5.74, 6) is 5.02. The van der Waals surface area contributed by atoms with Gasteiger partial charge >= 0.3 is 0 Å². The summed E-state index contributed by atoms with van der Waals surface area (Å²) in [6, 6.07) is 14.2. The van der Waals surface area contributed by atoms with E-state index >= 15 is 0 Å². The Morgan fingerprint density at radius 3 is 1.32 bits per heavy atom. The molecular weight excluding hydrogens is 486 g/mol. The van der Waals surface area contributed by atoms with Crippen LogP contribution in [-0.4, -0.2) is 6.04 Å². The summed E-state index contributed by atoms with van der Waals surface area (Å²) in [6.45, 7) is 0. The molecule has 2 aromatic carbocycles. The maximum atomic E-state index is 6.58. The number of hydrogen-bond donors (Lipinski definition) is 3. The Kier molecular flexibility index (Phi) is 9.06. The maximum Gasteiger partial charge on any atom is 0.0349 e. The summed E-state index contributed by atoms with van der Waals surface area (Å²) >= 11 is 0. The highest BCUT2D eigenvalue weighted by molar-refractivity contribution is 5.53. The molecule has 0 radical (unpaired) electrons. The topological polar surface area (TPSA) is 78.1 Å². The number of nitrogens with two attached hydrogens (primary N) is 3. The van der Waals surface area contributed by atoms with Crippen molar-refractivity contribution < 1.29 is 0 Å². The van der Waals surface area contributed by atoms with Crippen LogP contribution in [0.2, 0.25) is 0 Å². The van der Waals surface area contributed by atoms with E-state index in [9.17, 15) is 0 Å². The van der Waals surface area contributed by atoms with Crippen LogP contribution in [0.1, 0.15) is 143 Å². The van der Waals surface area contributed by atoms with Crippen LogP contribution in [0.15, 0.2) is 36.4 Å². The third kappa shape index (κ3) is 6.56. The van der Waals surface area contributed by atoms with Crippen LogP contribution in [0.5, 0.6) is 0 Å². The Morgan fingerprint density at radius 2 is 0.875 bits per heavy atom. The predicted molar refractivity (Wildman–Crippen MR) is 170 cm³/mol. The van der Waals surface area contributed by atoms with Crippen molar-refractivity contribution in [2.45, 2.75) is 133 Å². The van der Waals surface area contributed by atoms with E-state index in [0.29, 0.717) is 17.9 Å². The van der Waals surface area contributed by atoms with E-state index in [0.717, 1.165) is 41.5 Å². The van der Waals surface area contributed by atoms with Gasteiger partial charge in [-0.05, 0) is 153 Å². The molecule has 218 valence electrons. The molecule has 3 nitrogen and oxygen atoms in total. The Bertz CT molecular complexity index is 1090. The van der Waals surface area contributed by atoms with E-state index < -0.39 is 0 Å². The fourth-order valence-electron chi connectivity index (χ4n) is 9.44. The zero-order valence-corrected chi connectivity index (χ0v) is 25.0. The highest BCUT2D eigenvalue weighted by Gasteiger charge is 2.32. The van der Waals surface area contributed by atoms with E-state index in [2.05, 4.69) is 36.4 Å². The van der Waals surface area contributed by atoms with Gasteiger partial charge < -0.3 is 17.2 Å². The molecule has 4 saturated carbocycles. The van der Waals surface area contributed by atoms with Gasteiger partial charge in [-0.15, -0.1) is 0 Å². The number of nitrogen functional groups attached to an aromatic ring is 2. The minimum Gasteiger partial charge on any atom is -0.398 e. The lowest BCUT2D eigenvalue weighted by Crippen LogP contribution is -2.31. The highest BCUT2D eigenvalue weighted by Crippen LogP contribution is 2.46. The first-order chi connectivity index (χ1) is 19.5. The average Bonchev–Trinajstić information content (AvgIpc) is 3.00. The molecule has 4 fully saturated rings. The van der Waals surface area contributed by atoms with Gasteiger partial charge in [-0.2, -0.15) is 0 Å². The molecule has 6 N–H and O–H groups in total. The second-order valence-electron chi connectivity index (χ2n) is 14.4. The Hall–Kier alpha value is -2.00. The highest BCUT2D eigenvalue weighted by atomic mass is 14.6. The van der Waals surface area contributed by atoms with Crippen LogP contribution in [0.25, 0.3) is 0 Å². The Labute approximate surface area is 244 Å². The molecule has 0 bridgehead atoms. The van der Waals surface area contributed by atoms with Crippen LogP contribution >= 0.6 is 0 Å². The van der Waals surface area contributed by atoms with E-state index in [1.165, 1.54) is 131 Å². The van der Waals surface area contributed by atoms with Crippen molar-refractivity contribution in [1.29, 1.82) is 0 Å². The second-order valence-corrected chi connectivity index (χ2v) is 14.4. The van der Waals surface area contributed by atoms with Crippen LogP contribution in [0, 0.1) is 23.7 Å². The molecule has 4 aliphatic carbocycles. The average molecular weight is 542 g/mol. The summed E-state index contributed by atoms with van der Waals surface area (Å²) in [5.41, 5.74) is 26.9. The van der Waals surface area contributed by atoms with Gasteiger partial charge in [-0.3, -0.25) is 0 Å². The van der Waals surface area contributed by atoms with Gasteiger partial charge in [0.2, 0.25) is 0 Å². The molecule has 3 heteroatoms. The van der Waals surface area contributed by atoms with Crippen LogP contribution in [0.3, 0.4) is 0 Å². The first-order valence-electron chi connectivity index (χ1n) is 17.1. The third-order valence-corrected chi connectivity index (χ3v) is 11.9. The molecule has 4 aliphatic rings. The van der Waals surface area contributed by atoms with Gasteiger partial charge in [-0.1, -0.05) is 56.4 Å². The number of benzene rings is 2. The monoisotopic (exact) mass is 541 g/mol. The predicted octanol–water partition coefficient (Wildman–Crippen LogP) is 9.09. The molecule has 0 aromatic heterocycles. The van der Waals surface area contributed by atoms with Crippen LogP contribution < -0.4 is 17.2 Å². The Balaban J connectivity index is 1.07. The number of hydrogen-bond acceptors (Lipinski definition) is 3. The lowest BCUT2D eigenvalue weighted by Gasteiger charge is -2.37. The molecule has 0 spiro atoms. The smallest absolute Gasteiger partial charge is 0.0349 e. The lowest BCUT2D eigenvalue weighted by atomic mass is 9.69. The minimum atomic E-state index is 0.452. The Morgan fingerprint density at radius 1 is 0.475 bits per heavy atom. The second kappa shape index (κ2) is 12.9. The molecule has 2 aromatic rings. The quantitative estimate of drug-likeness (QED) is 0.319. The third-order valence-electron chi connectivity index (χ3n) is 11.9. The minimum absolute atomic E-state index is 0.452. The maximum absolute atomic E-state index is 6.58. The van der Waals surface area contributed by atoms with Crippen molar-refractivity contribution in [3.63, 3.8) is 0 Å². The molecule has 0 amide bonds. The lowest BCUT2D eigenvalue weighted by molar-refractivity contribution is 0.178. The molecule has 0 unspecified atom stereocenters. The fourth-order valence-corrected chi connectivity index (χ4v) is 9.44. The normalized spacial score (nSPS) is 32.1. The summed E-state index contributed by atoms with van der Waals surface area (Å²) < 4.78 is 0. The number of rotatable bonds is 6. The zero-order valence-electron chi connectivity index (χ0n) is 25.0. The zero-order chi connectivity index (χ0) is 27.5. The van der Waals surface area contributed by atoms with Gasteiger partial charge in [-0.25, -0.2) is 0 Å². The summed E-state index contributed by atoms with van der Waals surface area (Å²) in [5, 5.41) is 0. The molecule has 6 rings (SSSR count). The largest absolute Gasteiger partial charge is 0.398 e. The van der Waals surface area contributed by atoms with Crippen molar-refractivity contribution >= 4 is 11.4 Å². The first-order valence-corrected chi connectivity index (χ1v) is 17.1. The van der Waals surface area contributed by atoms with Gasteiger partial charge in [0.05, 0.1) is 0 Å². The SMILES string of the molecule is Nc1ccc(Cc2ccc(N)c(C3CCC(C4CCC(N)CC4)CC3)c2)cc1C1CCC(C2CCCCC2)CC1. The standard InChI is InChI=1S/C37H55N3/c38-33-18-16-30(17-19-33)29-10-14-32(15-11-29)35-24-26(7-21-37(35)40)22-25-6-20-36(39)34(23-25)31-12-8-28(9-13-31)27-4-2-1-3-5-27/h6-7,20-21,23-24,27-33H,1-5,8-19,22,38-40H2. The molecule has 0 atom stereocenters. The summed E-state index contributed by atoms with van der Waals surface area (Å²) in [4.78, 5) is 0. The van der Waals surface area contributed by atoms with E-state index in [1.807, 2.05) is 0 Å². The van der Waals surface area contributed by atoms with E-state index in [4.69, 9.17) is 17.2 Å². The van der Waals surface area contributed by atoms with Crippen molar-refractivity contribution in [2.75, 3.05) is 11.5 Å². The number of anilines is 2. The van der Waals surface area contributed by atoms with E-state index in [-0.39, 0.29) is 0 Å². The van der Waals surface area contributed by atoms with Crippen molar-refractivity contribution in [3.8, 4) is 0 Å². The molecule has 0 heterocycles. The molecule has 0 aliphatic heterocycles. The molecule has 40 heavy (non-hydrogen) atoms. The fraction of sp³-hybridized carbons (Fsp3) is 0.676. The van der Waals surface area contributed by atoms with Crippen LogP contribution in [0.4, 0.5) is 11.4 Å². The van der Waals surface area contributed by atoms with Crippen molar-refractivity contribution in [3.05, 3.63) is 58.7 Å². The summed E-state index contributed by atoms with van der Waals surface area (Å²) in [7, 11) is 0. The van der Waals surface area contributed by atoms with Crippen molar-refractivity contribution in [2.24, 2.45) is 29.4 Å². The van der Waals surface area contributed by atoms with Gasteiger partial charge in [0.15, 0.2) is 0 Å². The van der Waals surface area contributed by atoms with Crippen molar-refractivity contribution in [1.82, 2.24) is 0 Å². The van der Waals surface area contributed by atoms with Gasteiger partial charge in [0.1, 0.15) is 0 Å². The molecule has 0 saturated heterocycles. The van der Waals surface area contributed by atoms with E-state index in [1.54, 1.807) is 0 Å². The summed E-state index contributed by atoms with van der Waals surface area (Å²) in [6.07, 6.45) is 24.2. The van der Waals surface area contributed by atoms with Crippen LogP contribution in [-0.2, 0) is 6.42 Å². The van der Waals surface area contributed by atoms with Gasteiger partial charge in [0, 0.05) is 17.4 Å².